The quantitative estimate of drug-likeness (QED) is 0.577. The van der Waals surface area contributed by atoms with Crippen molar-refractivity contribution < 1.29 is 4.79 Å². The largest absolute Gasteiger partial charge is 0.368 e. The molecule has 0 aliphatic rings. The Morgan fingerprint density at radius 2 is 1.68 bits per heavy atom. The lowest BCUT2D eigenvalue weighted by Crippen LogP contribution is -2.27. The summed E-state index contributed by atoms with van der Waals surface area (Å²) in [5.74, 6) is 0.657. The zero-order valence-corrected chi connectivity index (χ0v) is 13.8. The second-order valence-corrected chi connectivity index (χ2v) is 5.74. The summed E-state index contributed by atoms with van der Waals surface area (Å²) < 4.78 is 0. The molecular formula is C19H20N4O2. The Morgan fingerprint density at radius 3 is 2.48 bits per heavy atom. The number of anilines is 1. The van der Waals surface area contributed by atoms with E-state index >= 15 is 0 Å². The van der Waals surface area contributed by atoms with Gasteiger partial charge in [0, 0.05) is 18.5 Å². The zero-order valence-electron chi connectivity index (χ0n) is 13.8. The molecule has 3 N–H and O–H groups in total. The Balaban J connectivity index is 1.45. The van der Waals surface area contributed by atoms with Gasteiger partial charge in [-0.05, 0) is 18.1 Å². The van der Waals surface area contributed by atoms with Crippen LogP contribution in [0.15, 0.2) is 59.4 Å². The molecule has 1 amide bonds. The number of carbonyl (C=O) groups is 1. The van der Waals surface area contributed by atoms with Gasteiger partial charge >= 0.3 is 0 Å². The van der Waals surface area contributed by atoms with Gasteiger partial charge in [-0.2, -0.15) is 5.10 Å². The number of benzene rings is 2. The summed E-state index contributed by atoms with van der Waals surface area (Å²) in [6.45, 7) is 1.23. The molecule has 3 aromatic rings. The van der Waals surface area contributed by atoms with E-state index in [0.29, 0.717) is 30.7 Å². The van der Waals surface area contributed by atoms with E-state index in [2.05, 4.69) is 20.8 Å². The predicted octanol–water partition coefficient (Wildman–Crippen LogP) is 2.08. The minimum atomic E-state index is -0.200. The Bertz CT molecular complexity index is 906. The lowest BCUT2D eigenvalue weighted by atomic mass is 10.1. The number of nitrogens with one attached hydrogen (secondary N) is 3. The van der Waals surface area contributed by atoms with Gasteiger partial charge in [0.15, 0.2) is 5.82 Å². The highest BCUT2D eigenvalue weighted by Crippen LogP contribution is 2.16. The standard InChI is InChI=1S/C19H20N4O2/c24-17(13-14-7-2-1-3-8-14)20-11-6-12-21-18-15-9-4-5-10-16(15)19(25)23-22-18/h1-5,7-10H,6,11-13H2,(H,20,24)(H,21,22)(H,23,25). The third kappa shape index (κ3) is 4.44. The van der Waals surface area contributed by atoms with E-state index in [0.717, 1.165) is 17.4 Å². The van der Waals surface area contributed by atoms with Crippen LogP contribution in [0.2, 0.25) is 0 Å². The van der Waals surface area contributed by atoms with Crippen molar-refractivity contribution >= 4 is 22.5 Å². The normalized spacial score (nSPS) is 10.6. The Hall–Kier alpha value is -3.15. The SMILES string of the molecule is O=C(Cc1ccccc1)NCCCNc1n[nH]c(=O)c2ccccc12. The molecule has 0 radical (unpaired) electrons. The molecule has 0 saturated heterocycles. The number of fused-ring (bicyclic) bond motifs is 1. The lowest BCUT2D eigenvalue weighted by molar-refractivity contribution is -0.120. The topological polar surface area (TPSA) is 86.9 Å². The van der Waals surface area contributed by atoms with Crippen LogP contribution in [0.1, 0.15) is 12.0 Å². The maximum absolute atomic E-state index is 11.9. The molecule has 3 rings (SSSR count). The Morgan fingerprint density at radius 1 is 0.960 bits per heavy atom. The third-order valence-corrected chi connectivity index (χ3v) is 3.87. The first-order valence-electron chi connectivity index (χ1n) is 8.26. The number of nitrogens with zero attached hydrogens (tertiary/aromatic N) is 1. The lowest BCUT2D eigenvalue weighted by Gasteiger charge is -2.09. The van der Waals surface area contributed by atoms with Crippen molar-refractivity contribution in [1.29, 1.82) is 0 Å². The fourth-order valence-corrected chi connectivity index (χ4v) is 2.62. The highest BCUT2D eigenvalue weighted by molar-refractivity contribution is 5.90. The van der Waals surface area contributed by atoms with Crippen molar-refractivity contribution in [2.45, 2.75) is 12.8 Å². The smallest absolute Gasteiger partial charge is 0.272 e. The summed E-state index contributed by atoms with van der Waals surface area (Å²) in [5, 5.41) is 14.1. The second kappa shape index (κ2) is 8.10. The van der Waals surface area contributed by atoms with Crippen molar-refractivity contribution in [3.63, 3.8) is 0 Å². The molecular weight excluding hydrogens is 316 g/mol. The number of aromatic nitrogens is 2. The monoisotopic (exact) mass is 336 g/mol. The average molecular weight is 336 g/mol. The van der Waals surface area contributed by atoms with E-state index < -0.39 is 0 Å². The number of carbonyl (C=O) groups excluding carboxylic acids is 1. The molecule has 0 bridgehead atoms. The van der Waals surface area contributed by atoms with Gasteiger partial charge in [0.05, 0.1) is 11.8 Å². The molecule has 6 nitrogen and oxygen atoms in total. The first-order chi connectivity index (χ1) is 12.2. The summed E-state index contributed by atoms with van der Waals surface area (Å²) >= 11 is 0. The van der Waals surface area contributed by atoms with Gasteiger partial charge < -0.3 is 10.6 Å². The molecule has 1 aromatic heterocycles. The molecule has 128 valence electrons. The summed E-state index contributed by atoms with van der Waals surface area (Å²) in [6, 6.07) is 17.0. The highest BCUT2D eigenvalue weighted by atomic mass is 16.1. The van der Waals surface area contributed by atoms with Crippen LogP contribution in [0.3, 0.4) is 0 Å². The maximum atomic E-state index is 11.9. The zero-order chi connectivity index (χ0) is 17.5. The number of rotatable bonds is 7. The van der Waals surface area contributed by atoms with E-state index in [4.69, 9.17) is 0 Å². The fraction of sp³-hybridized carbons (Fsp3) is 0.211. The summed E-state index contributed by atoms with van der Waals surface area (Å²) in [7, 11) is 0. The molecule has 25 heavy (non-hydrogen) atoms. The first-order valence-corrected chi connectivity index (χ1v) is 8.26. The van der Waals surface area contributed by atoms with Crippen molar-refractivity contribution in [1.82, 2.24) is 15.5 Å². The minimum Gasteiger partial charge on any atom is -0.368 e. The molecule has 6 heteroatoms. The number of aromatic amines is 1. The molecule has 0 spiro atoms. The van der Waals surface area contributed by atoms with Crippen LogP contribution in [0.4, 0.5) is 5.82 Å². The molecule has 1 heterocycles. The molecule has 0 unspecified atom stereocenters. The van der Waals surface area contributed by atoms with E-state index in [9.17, 15) is 9.59 Å². The molecule has 2 aromatic carbocycles. The average Bonchev–Trinajstić information content (AvgIpc) is 2.64. The number of amides is 1. The van der Waals surface area contributed by atoms with Crippen LogP contribution < -0.4 is 16.2 Å². The van der Waals surface area contributed by atoms with Crippen LogP contribution >= 0.6 is 0 Å². The number of hydrogen-bond donors (Lipinski definition) is 3. The van der Waals surface area contributed by atoms with Gasteiger partial charge in [0.1, 0.15) is 0 Å². The molecule has 0 aliphatic heterocycles. The van der Waals surface area contributed by atoms with Crippen molar-refractivity contribution in [2.75, 3.05) is 18.4 Å². The van der Waals surface area contributed by atoms with Crippen LogP contribution in [-0.4, -0.2) is 29.2 Å². The predicted molar refractivity (Wildman–Crippen MR) is 98.6 cm³/mol. The van der Waals surface area contributed by atoms with Gasteiger partial charge in [0.25, 0.3) is 5.56 Å². The summed E-state index contributed by atoms with van der Waals surface area (Å²) in [6.07, 6.45) is 1.15. The first kappa shape index (κ1) is 16.7. The highest BCUT2D eigenvalue weighted by Gasteiger charge is 2.05. The van der Waals surface area contributed by atoms with Gasteiger partial charge in [-0.3, -0.25) is 9.59 Å². The summed E-state index contributed by atoms with van der Waals surface area (Å²) in [5.41, 5.74) is 0.802. The van der Waals surface area contributed by atoms with Gasteiger partial charge in [-0.1, -0.05) is 48.5 Å². The van der Waals surface area contributed by atoms with Crippen molar-refractivity contribution in [2.24, 2.45) is 0 Å². The Kier molecular flexibility index (Phi) is 5.41. The van der Waals surface area contributed by atoms with Crippen molar-refractivity contribution in [3.8, 4) is 0 Å². The van der Waals surface area contributed by atoms with E-state index in [1.165, 1.54) is 0 Å². The van der Waals surface area contributed by atoms with Gasteiger partial charge in [-0.15, -0.1) is 0 Å². The number of hydrogen-bond acceptors (Lipinski definition) is 4. The summed E-state index contributed by atoms with van der Waals surface area (Å²) in [4.78, 5) is 23.6. The van der Waals surface area contributed by atoms with Crippen LogP contribution in [0.25, 0.3) is 10.8 Å². The van der Waals surface area contributed by atoms with Crippen LogP contribution in [0.5, 0.6) is 0 Å². The van der Waals surface area contributed by atoms with Gasteiger partial charge in [-0.25, -0.2) is 5.10 Å². The third-order valence-electron chi connectivity index (χ3n) is 3.87. The fourth-order valence-electron chi connectivity index (χ4n) is 2.62. The molecule has 0 fully saturated rings. The maximum Gasteiger partial charge on any atom is 0.272 e. The van der Waals surface area contributed by atoms with E-state index in [-0.39, 0.29) is 11.5 Å². The van der Waals surface area contributed by atoms with Crippen LogP contribution in [0, 0.1) is 0 Å². The molecule has 0 aliphatic carbocycles. The van der Waals surface area contributed by atoms with E-state index in [1.807, 2.05) is 48.5 Å². The van der Waals surface area contributed by atoms with Crippen molar-refractivity contribution in [3.05, 3.63) is 70.5 Å². The second-order valence-electron chi connectivity index (χ2n) is 5.74. The van der Waals surface area contributed by atoms with E-state index in [1.54, 1.807) is 6.07 Å². The Labute approximate surface area is 145 Å². The number of H-pyrrole nitrogens is 1. The molecule has 0 atom stereocenters. The minimum absolute atomic E-state index is 0.0128. The molecule has 0 saturated carbocycles. The van der Waals surface area contributed by atoms with Crippen LogP contribution in [-0.2, 0) is 11.2 Å². The van der Waals surface area contributed by atoms with Gasteiger partial charge in [0.2, 0.25) is 5.91 Å².